The highest BCUT2D eigenvalue weighted by atomic mass is 16.1. The molecule has 3 rings (SSSR count). The first kappa shape index (κ1) is 11.9. The Bertz CT molecular complexity index is 462. The first-order valence-electron chi connectivity index (χ1n) is 7.16. The SMILES string of the molecule is CC(NC1CC1)C(=O)c1ccc2c(c1)CCCC2. The molecule has 0 aliphatic heterocycles. The van der Waals surface area contributed by atoms with E-state index in [2.05, 4.69) is 17.4 Å². The summed E-state index contributed by atoms with van der Waals surface area (Å²) in [5.74, 6) is 0.246. The van der Waals surface area contributed by atoms with Crippen molar-refractivity contribution >= 4 is 5.78 Å². The Hall–Kier alpha value is -1.15. The lowest BCUT2D eigenvalue weighted by atomic mass is 9.89. The molecule has 2 heteroatoms. The van der Waals surface area contributed by atoms with Crippen molar-refractivity contribution in [2.75, 3.05) is 0 Å². The quantitative estimate of drug-likeness (QED) is 0.824. The zero-order valence-electron chi connectivity index (χ0n) is 11.0. The number of hydrogen-bond acceptors (Lipinski definition) is 2. The van der Waals surface area contributed by atoms with Crippen LogP contribution in [0.15, 0.2) is 18.2 Å². The molecule has 0 heterocycles. The van der Waals surface area contributed by atoms with Gasteiger partial charge in [0, 0.05) is 11.6 Å². The second-order valence-electron chi connectivity index (χ2n) is 5.72. The fourth-order valence-electron chi connectivity index (χ4n) is 2.82. The standard InChI is InChI=1S/C16H21NO/c1-11(17-15-8-9-15)16(18)14-7-6-12-4-2-3-5-13(12)10-14/h6-7,10-11,15,17H,2-5,8-9H2,1H3. The molecule has 0 bridgehead atoms. The van der Waals surface area contributed by atoms with Gasteiger partial charge in [-0.2, -0.15) is 0 Å². The molecule has 2 aliphatic rings. The van der Waals surface area contributed by atoms with E-state index in [0.717, 1.165) is 12.0 Å². The number of carbonyl (C=O) groups excluding carboxylic acids is 1. The second kappa shape index (κ2) is 4.85. The Morgan fingerprint density at radius 2 is 1.94 bits per heavy atom. The Balaban J connectivity index is 1.76. The molecule has 1 atom stereocenters. The van der Waals surface area contributed by atoms with Crippen LogP contribution < -0.4 is 5.32 Å². The van der Waals surface area contributed by atoms with Crippen molar-refractivity contribution in [2.24, 2.45) is 0 Å². The Labute approximate surface area is 109 Å². The lowest BCUT2D eigenvalue weighted by Gasteiger charge is -2.18. The molecule has 0 radical (unpaired) electrons. The molecule has 18 heavy (non-hydrogen) atoms. The van der Waals surface area contributed by atoms with Gasteiger partial charge in [-0.15, -0.1) is 0 Å². The van der Waals surface area contributed by atoms with Gasteiger partial charge in [0.15, 0.2) is 5.78 Å². The third-order valence-electron chi connectivity index (χ3n) is 4.09. The summed E-state index contributed by atoms with van der Waals surface area (Å²) in [6, 6.07) is 6.84. The highest BCUT2D eigenvalue weighted by molar-refractivity contribution is 6.00. The molecule has 1 aromatic rings. The van der Waals surface area contributed by atoms with Crippen LogP contribution >= 0.6 is 0 Å². The van der Waals surface area contributed by atoms with Crippen molar-refractivity contribution in [1.29, 1.82) is 0 Å². The molecular formula is C16H21NO. The first-order chi connectivity index (χ1) is 8.74. The van der Waals surface area contributed by atoms with E-state index in [0.29, 0.717) is 6.04 Å². The van der Waals surface area contributed by atoms with E-state index in [1.54, 1.807) is 0 Å². The number of aryl methyl sites for hydroxylation is 2. The van der Waals surface area contributed by atoms with Crippen molar-refractivity contribution in [3.63, 3.8) is 0 Å². The first-order valence-corrected chi connectivity index (χ1v) is 7.16. The Kier molecular flexibility index (Phi) is 3.21. The minimum Gasteiger partial charge on any atom is -0.305 e. The van der Waals surface area contributed by atoms with E-state index in [9.17, 15) is 4.79 Å². The molecule has 1 fully saturated rings. The van der Waals surface area contributed by atoms with E-state index in [1.807, 2.05) is 13.0 Å². The van der Waals surface area contributed by atoms with Crippen LogP contribution in [0, 0.1) is 0 Å². The van der Waals surface area contributed by atoms with Crippen LogP contribution in [0.25, 0.3) is 0 Å². The van der Waals surface area contributed by atoms with E-state index in [1.165, 1.54) is 43.2 Å². The van der Waals surface area contributed by atoms with Crippen LogP contribution in [0.2, 0.25) is 0 Å². The molecule has 1 saturated carbocycles. The van der Waals surface area contributed by atoms with Crippen molar-refractivity contribution in [3.8, 4) is 0 Å². The van der Waals surface area contributed by atoms with Gasteiger partial charge in [0.05, 0.1) is 6.04 Å². The predicted molar refractivity (Wildman–Crippen MR) is 73.0 cm³/mol. The third-order valence-corrected chi connectivity index (χ3v) is 4.09. The third kappa shape index (κ3) is 2.49. The van der Waals surface area contributed by atoms with Crippen molar-refractivity contribution in [2.45, 2.75) is 57.5 Å². The van der Waals surface area contributed by atoms with Crippen LogP contribution in [0.4, 0.5) is 0 Å². The summed E-state index contributed by atoms with van der Waals surface area (Å²) in [5, 5.41) is 3.38. The van der Waals surface area contributed by atoms with Gasteiger partial charge >= 0.3 is 0 Å². The van der Waals surface area contributed by atoms with E-state index in [4.69, 9.17) is 0 Å². The number of ketones is 1. The molecule has 2 aliphatic carbocycles. The summed E-state index contributed by atoms with van der Waals surface area (Å²) >= 11 is 0. The van der Waals surface area contributed by atoms with Crippen molar-refractivity contribution < 1.29 is 4.79 Å². The molecular weight excluding hydrogens is 222 g/mol. The lowest BCUT2D eigenvalue weighted by molar-refractivity contribution is 0.0950. The molecule has 0 amide bonds. The van der Waals surface area contributed by atoms with Crippen LogP contribution in [0.5, 0.6) is 0 Å². The predicted octanol–water partition coefficient (Wildman–Crippen LogP) is 2.89. The fraction of sp³-hybridized carbons (Fsp3) is 0.562. The number of nitrogens with one attached hydrogen (secondary N) is 1. The minimum absolute atomic E-state index is 0.0425. The largest absolute Gasteiger partial charge is 0.305 e. The smallest absolute Gasteiger partial charge is 0.179 e. The zero-order valence-corrected chi connectivity index (χ0v) is 11.0. The highest BCUT2D eigenvalue weighted by Crippen LogP contribution is 2.24. The van der Waals surface area contributed by atoms with E-state index in [-0.39, 0.29) is 11.8 Å². The summed E-state index contributed by atoms with van der Waals surface area (Å²) in [7, 11) is 0. The number of Topliss-reactive ketones (excluding diaryl/α,β-unsaturated/α-hetero) is 1. The Morgan fingerprint density at radius 3 is 2.67 bits per heavy atom. The van der Waals surface area contributed by atoms with Gasteiger partial charge in [-0.1, -0.05) is 12.1 Å². The van der Waals surface area contributed by atoms with Crippen molar-refractivity contribution in [1.82, 2.24) is 5.32 Å². The lowest BCUT2D eigenvalue weighted by Crippen LogP contribution is -2.35. The van der Waals surface area contributed by atoms with E-state index < -0.39 is 0 Å². The van der Waals surface area contributed by atoms with Gasteiger partial charge in [0.2, 0.25) is 0 Å². The summed E-state index contributed by atoms with van der Waals surface area (Å²) in [6.07, 6.45) is 7.32. The Morgan fingerprint density at radius 1 is 1.22 bits per heavy atom. The molecule has 0 aromatic heterocycles. The highest BCUT2D eigenvalue weighted by Gasteiger charge is 2.26. The average molecular weight is 243 g/mol. The van der Waals surface area contributed by atoms with Crippen molar-refractivity contribution in [3.05, 3.63) is 34.9 Å². The van der Waals surface area contributed by atoms with Gasteiger partial charge in [-0.25, -0.2) is 0 Å². The monoisotopic (exact) mass is 243 g/mol. The van der Waals surface area contributed by atoms with Crippen LogP contribution in [0.1, 0.15) is 54.1 Å². The molecule has 1 aromatic carbocycles. The van der Waals surface area contributed by atoms with Gasteiger partial charge in [0.25, 0.3) is 0 Å². The number of hydrogen-bond donors (Lipinski definition) is 1. The van der Waals surface area contributed by atoms with Crippen LogP contribution in [0.3, 0.4) is 0 Å². The van der Waals surface area contributed by atoms with Gasteiger partial charge in [-0.05, 0) is 62.6 Å². The number of carbonyl (C=O) groups is 1. The number of benzene rings is 1. The van der Waals surface area contributed by atoms with E-state index >= 15 is 0 Å². The van der Waals surface area contributed by atoms with Gasteiger partial charge in [0.1, 0.15) is 0 Å². The molecule has 1 N–H and O–H groups in total. The maximum absolute atomic E-state index is 12.3. The zero-order chi connectivity index (χ0) is 12.5. The van der Waals surface area contributed by atoms with Gasteiger partial charge in [-0.3, -0.25) is 4.79 Å². The summed E-state index contributed by atoms with van der Waals surface area (Å²) < 4.78 is 0. The fourth-order valence-corrected chi connectivity index (χ4v) is 2.82. The van der Waals surface area contributed by atoms with Crippen LogP contribution in [-0.4, -0.2) is 17.9 Å². The summed E-state index contributed by atoms with van der Waals surface area (Å²) in [5.41, 5.74) is 3.72. The molecule has 0 spiro atoms. The molecule has 1 unspecified atom stereocenters. The minimum atomic E-state index is -0.0425. The second-order valence-corrected chi connectivity index (χ2v) is 5.72. The average Bonchev–Trinajstić information content (AvgIpc) is 3.21. The maximum atomic E-state index is 12.3. The normalized spacial score (nSPS) is 20.3. The topological polar surface area (TPSA) is 29.1 Å². The number of fused-ring (bicyclic) bond motifs is 1. The summed E-state index contributed by atoms with van der Waals surface area (Å²) in [6.45, 7) is 1.99. The molecule has 2 nitrogen and oxygen atoms in total. The summed E-state index contributed by atoms with van der Waals surface area (Å²) in [4.78, 5) is 12.3. The molecule has 96 valence electrons. The van der Waals surface area contributed by atoms with Crippen LogP contribution in [-0.2, 0) is 12.8 Å². The number of rotatable bonds is 4. The maximum Gasteiger partial charge on any atom is 0.179 e. The molecule has 0 saturated heterocycles. The van der Waals surface area contributed by atoms with Gasteiger partial charge < -0.3 is 5.32 Å².